The van der Waals surface area contributed by atoms with Crippen LogP contribution in [0.4, 0.5) is 0 Å². The van der Waals surface area contributed by atoms with Gasteiger partial charge in [0.2, 0.25) is 0 Å². The highest BCUT2D eigenvalue weighted by Gasteiger charge is 2.38. The number of rotatable bonds is 3. The summed E-state index contributed by atoms with van der Waals surface area (Å²) in [7, 11) is 0. The van der Waals surface area contributed by atoms with E-state index in [4.69, 9.17) is 0 Å². The predicted molar refractivity (Wildman–Crippen MR) is 57.5 cm³/mol. The molecule has 0 aliphatic carbocycles. The van der Waals surface area contributed by atoms with Crippen LogP contribution in [0, 0.1) is 5.41 Å². The molecule has 0 bridgehead atoms. The third-order valence-corrected chi connectivity index (χ3v) is 3.58. The Hall–Kier alpha value is -0.680. The van der Waals surface area contributed by atoms with E-state index >= 15 is 0 Å². The Labute approximate surface area is 82.1 Å². The van der Waals surface area contributed by atoms with Gasteiger partial charge in [-0.3, -0.25) is 0 Å². The first-order valence-electron chi connectivity index (χ1n) is 5.39. The van der Waals surface area contributed by atoms with Crippen molar-refractivity contribution in [3.8, 4) is 0 Å². The lowest BCUT2D eigenvalue weighted by atomic mass is 9.79. The molecule has 0 radical (unpaired) electrons. The van der Waals surface area contributed by atoms with E-state index in [-0.39, 0.29) is 0 Å². The van der Waals surface area contributed by atoms with Crippen LogP contribution >= 0.6 is 0 Å². The molecule has 0 saturated carbocycles. The fraction of sp³-hybridized carbons (Fsp3) is 0.750. The smallest absolute Gasteiger partial charge is 0.0621 e. The van der Waals surface area contributed by atoms with Crippen molar-refractivity contribution in [1.82, 2.24) is 4.90 Å². The molecule has 1 rings (SSSR count). The third-order valence-electron chi connectivity index (χ3n) is 3.58. The minimum atomic E-state index is 0.387. The zero-order chi connectivity index (χ0) is 9.90. The van der Waals surface area contributed by atoms with Gasteiger partial charge in [0.05, 0.1) is 5.70 Å². The van der Waals surface area contributed by atoms with Crippen LogP contribution in [0.2, 0.25) is 0 Å². The van der Waals surface area contributed by atoms with E-state index in [9.17, 15) is 0 Å². The van der Waals surface area contributed by atoms with Crippen molar-refractivity contribution in [2.75, 3.05) is 13.1 Å². The molecule has 0 aromatic heterocycles. The van der Waals surface area contributed by atoms with E-state index in [0.29, 0.717) is 5.41 Å². The van der Waals surface area contributed by atoms with Crippen LogP contribution in [0.3, 0.4) is 0 Å². The lowest BCUT2D eigenvalue weighted by molar-refractivity contribution is 0.323. The maximum Gasteiger partial charge on any atom is 0.0621 e. The normalized spacial score (nSPS) is 20.5. The molecule has 13 heavy (non-hydrogen) atoms. The van der Waals surface area contributed by atoms with Crippen LogP contribution in [0.25, 0.3) is 0 Å². The molecule has 1 saturated heterocycles. The van der Waals surface area contributed by atoms with Crippen LogP contribution in [-0.2, 0) is 0 Å². The van der Waals surface area contributed by atoms with E-state index in [0.717, 1.165) is 6.54 Å². The first-order chi connectivity index (χ1) is 6.24. The van der Waals surface area contributed by atoms with Crippen molar-refractivity contribution in [1.29, 1.82) is 0 Å². The van der Waals surface area contributed by atoms with Gasteiger partial charge in [-0.05, 0) is 26.2 Å². The van der Waals surface area contributed by atoms with Crippen LogP contribution in [0.1, 0.15) is 40.0 Å². The first kappa shape index (κ1) is 10.4. The molecule has 74 valence electrons. The topological polar surface area (TPSA) is 3.24 Å². The SMILES string of the molecule is C=C=C1N(CC)CCC1(CC)CC. The predicted octanol–water partition coefficient (Wildman–Crippen LogP) is 3.19. The summed E-state index contributed by atoms with van der Waals surface area (Å²) in [5, 5.41) is 0. The second-order valence-corrected chi connectivity index (χ2v) is 3.84. The number of likely N-dealkylation sites (tertiary alicyclic amines) is 1. The zero-order valence-electron chi connectivity index (χ0n) is 9.19. The summed E-state index contributed by atoms with van der Waals surface area (Å²) in [5.74, 6) is 0. The molecular formula is C12H21N. The summed E-state index contributed by atoms with van der Waals surface area (Å²) >= 11 is 0. The minimum Gasteiger partial charge on any atom is -0.368 e. The Kier molecular flexibility index (Phi) is 3.22. The average molecular weight is 179 g/mol. The largest absolute Gasteiger partial charge is 0.368 e. The Morgan fingerprint density at radius 3 is 2.38 bits per heavy atom. The van der Waals surface area contributed by atoms with Gasteiger partial charge in [0.25, 0.3) is 0 Å². The van der Waals surface area contributed by atoms with Crippen LogP contribution in [0.15, 0.2) is 18.0 Å². The molecule has 1 nitrogen and oxygen atoms in total. The molecule has 0 unspecified atom stereocenters. The van der Waals surface area contributed by atoms with E-state index in [1.54, 1.807) is 0 Å². The molecule has 0 spiro atoms. The van der Waals surface area contributed by atoms with Crippen molar-refractivity contribution in [2.24, 2.45) is 5.41 Å². The van der Waals surface area contributed by atoms with Crippen molar-refractivity contribution >= 4 is 0 Å². The number of allylic oxidation sites excluding steroid dienone is 1. The van der Waals surface area contributed by atoms with Crippen LogP contribution in [-0.4, -0.2) is 18.0 Å². The molecular weight excluding hydrogens is 158 g/mol. The standard InChI is InChI=1S/C12H21N/c1-5-11-12(6-2,7-3)9-10-13(11)8-4/h1,6-10H2,2-4H3. The van der Waals surface area contributed by atoms with Gasteiger partial charge in [-0.25, -0.2) is 0 Å². The second kappa shape index (κ2) is 4.02. The van der Waals surface area contributed by atoms with Crippen LogP contribution < -0.4 is 0 Å². The molecule has 1 heterocycles. The van der Waals surface area contributed by atoms with E-state index < -0.39 is 0 Å². The Morgan fingerprint density at radius 2 is 2.00 bits per heavy atom. The number of nitrogens with zero attached hydrogens (tertiary/aromatic N) is 1. The van der Waals surface area contributed by atoms with Gasteiger partial charge >= 0.3 is 0 Å². The number of hydrogen-bond donors (Lipinski definition) is 0. The lowest BCUT2D eigenvalue weighted by Crippen LogP contribution is -2.23. The van der Waals surface area contributed by atoms with Gasteiger partial charge in [0.15, 0.2) is 0 Å². The van der Waals surface area contributed by atoms with Gasteiger partial charge in [0, 0.05) is 18.5 Å². The Bertz CT molecular complexity index is 219. The lowest BCUT2D eigenvalue weighted by Gasteiger charge is -2.28. The van der Waals surface area contributed by atoms with E-state index in [2.05, 4.69) is 38.0 Å². The molecule has 0 aromatic carbocycles. The fourth-order valence-electron chi connectivity index (χ4n) is 2.47. The van der Waals surface area contributed by atoms with Gasteiger partial charge in [-0.15, -0.1) is 5.73 Å². The maximum absolute atomic E-state index is 3.83. The second-order valence-electron chi connectivity index (χ2n) is 3.84. The molecule has 0 atom stereocenters. The Balaban J connectivity index is 2.96. The van der Waals surface area contributed by atoms with E-state index in [1.807, 2.05) is 0 Å². The molecule has 1 aliphatic heterocycles. The molecule has 0 N–H and O–H groups in total. The summed E-state index contributed by atoms with van der Waals surface area (Å²) in [6, 6.07) is 0. The highest BCUT2D eigenvalue weighted by atomic mass is 15.2. The van der Waals surface area contributed by atoms with Gasteiger partial charge in [-0.1, -0.05) is 20.4 Å². The Morgan fingerprint density at radius 1 is 1.38 bits per heavy atom. The highest BCUT2D eigenvalue weighted by Crippen LogP contribution is 2.44. The van der Waals surface area contributed by atoms with Crippen molar-refractivity contribution < 1.29 is 0 Å². The minimum absolute atomic E-state index is 0.387. The quantitative estimate of drug-likeness (QED) is 0.601. The third kappa shape index (κ3) is 1.53. The summed E-state index contributed by atoms with van der Waals surface area (Å²) in [6.07, 6.45) is 3.72. The van der Waals surface area contributed by atoms with Gasteiger partial charge in [-0.2, -0.15) is 0 Å². The molecule has 0 amide bonds. The van der Waals surface area contributed by atoms with Crippen molar-refractivity contribution in [3.05, 3.63) is 18.0 Å². The van der Waals surface area contributed by atoms with Crippen LogP contribution in [0.5, 0.6) is 0 Å². The summed E-state index contributed by atoms with van der Waals surface area (Å²) < 4.78 is 0. The van der Waals surface area contributed by atoms with E-state index in [1.165, 1.54) is 31.5 Å². The first-order valence-corrected chi connectivity index (χ1v) is 5.39. The fourth-order valence-corrected chi connectivity index (χ4v) is 2.47. The van der Waals surface area contributed by atoms with Crippen molar-refractivity contribution in [3.63, 3.8) is 0 Å². The zero-order valence-corrected chi connectivity index (χ0v) is 9.19. The summed E-state index contributed by atoms with van der Waals surface area (Å²) in [6.45, 7) is 12.9. The molecule has 0 aromatic rings. The summed E-state index contributed by atoms with van der Waals surface area (Å²) in [4.78, 5) is 2.42. The maximum atomic E-state index is 3.83. The monoisotopic (exact) mass is 179 g/mol. The highest BCUT2D eigenvalue weighted by molar-refractivity contribution is 5.16. The van der Waals surface area contributed by atoms with Gasteiger partial charge in [0.1, 0.15) is 0 Å². The van der Waals surface area contributed by atoms with Gasteiger partial charge < -0.3 is 4.90 Å². The average Bonchev–Trinajstić information content (AvgIpc) is 2.55. The summed E-state index contributed by atoms with van der Waals surface area (Å²) in [5.41, 5.74) is 4.90. The molecule has 1 fully saturated rings. The molecule has 1 aliphatic rings. The van der Waals surface area contributed by atoms with Crippen molar-refractivity contribution in [2.45, 2.75) is 40.0 Å². The number of hydrogen-bond acceptors (Lipinski definition) is 1. The molecule has 1 heteroatoms.